The van der Waals surface area contributed by atoms with Crippen molar-refractivity contribution in [3.63, 3.8) is 0 Å². The van der Waals surface area contributed by atoms with Gasteiger partial charge in [-0.2, -0.15) is 21.6 Å². The van der Waals surface area contributed by atoms with Crippen molar-refractivity contribution in [2.24, 2.45) is 0 Å². The Morgan fingerprint density at radius 1 is 1.14 bits per heavy atom. The molecule has 0 aromatic heterocycles. The molecular formula is C23H26F3NO7S. The molecule has 1 fully saturated rings. The maximum absolute atomic E-state index is 13.0. The van der Waals surface area contributed by atoms with Crippen LogP contribution < -0.4 is 8.92 Å². The van der Waals surface area contributed by atoms with Gasteiger partial charge in [0.05, 0.1) is 18.8 Å². The molecular weight excluding hydrogens is 491 g/mol. The zero-order valence-corrected chi connectivity index (χ0v) is 20.0. The van der Waals surface area contributed by atoms with Crippen LogP contribution in [0, 0.1) is 0 Å². The number of rotatable bonds is 10. The first-order valence-electron chi connectivity index (χ1n) is 10.7. The molecule has 0 unspecified atom stereocenters. The molecule has 3 rings (SSSR count). The Labute approximate surface area is 201 Å². The van der Waals surface area contributed by atoms with Crippen LogP contribution in [0.4, 0.5) is 13.2 Å². The molecule has 2 aromatic carbocycles. The molecule has 0 radical (unpaired) electrons. The second-order valence-corrected chi connectivity index (χ2v) is 9.44. The van der Waals surface area contributed by atoms with Gasteiger partial charge in [0.25, 0.3) is 0 Å². The van der Waals surface area contributed by atoms with Gasteiger partial charge in [-0.15, -0.1) is 0 Å². The number of carbonyl (C=O) groups excluding carboxylic acids is 1. The summed E-state index contributed by atoms with van der Waals surface area (Å²) >= 11 is 0. The minimum atomic E-state index is -4.72. The molecule has 0 saturated carbocycles. The molecule has 192 valence electrons. The van der Waals surface area contributed by atoms with Gasteiger partial charge in [-0.1, -0.05) is 12.1 Å². The average Bonchev–Trinajstić information content (AvgIpc) is 3.31. The molecule has 1 atom stereocenters. The quantitative estimate of drug-likeness (QED) is 0.445. The van der Waals surface area contributed by atoms with Gasteiger partial charge in [0, 0.05) is 26.8 Å². The van der Waals surface area contributed by atoms with E-state index in [1.54, 1.807) is 6.07 Å². The van der Waals surface area contributed by atoms with Crippen LogP contribution in [0.5, 0.6) is 11.5 Å². The summed E-state index contributed by atoms with van der Waals surface area (Å²) in [6.45, 7) is 0.903. The number of benzene rings is 2. The number of ether oxygens (including phenoxy) is 3. The van der Waals surface area contributed by atoms with E-state index in [4.69, 9.17) is 18.4 Å². The lowest BCUT2D eigenvalue weighted by Gasteiger charge is -2.25. The van der Waals surface area contributed by atoms with Crippen LogP contribution in [0.2, 0.25) is 0 Å². The Kier molecular flexibility index (Phi) is 8.62. The number of hydrogen-bond acceptors (Lipinski definition) is 7. The summed E-state index contributed by atoms with van der Waals surface area (Å²) in [7, 11) is -1.92. The summed E-state index contributed by atoms with van der Waals surface area (Å²) < 4.78 is 85.6. The average molecular weight is 518 g/mol. The third-order valence-electron chi connectivity index (χ3n) is 5.32. The molecule has 0 aliphatic carbocycles. The summed E-state index contributed by atoms with van der Waals surface area (Å²) in [6.07, 6.45) is -3.14. The SMILES string of the molecule is COCC(=O)N(Cc1ccc(OC)c(OS(=O)(=O)c2cccc(C(F)(F)F)c2)c1)C[C@@H]1CCCO1. The van der Waals surface area contributed by atoms with Crippen LogP contribution >= 0.6 is 0 Å². The van der Waals surface area contributed by atoms with Crippen molar-refractivity contribution in [2.45, 2.75) is 36.6 Å². The number of amides is 1. The van der Waals surface area contributed by atoms with E-state index in [0.29, 0.717) is 24.8 Å². The van der Waals surface area contributed by atoms with Crippen LogP contribution in [-0.4, -0.2) is 59.3 Å². The number of halogens is 3. The first-order chi connectivity index (χ1) is 16.5. The smallest absolute Gasteiger partial charge is 0.416 e. The van der Waals surface area contributed by atoms with E-state index in [9.17, 15) is 26.4 Å². The lowest BCUT2D eigenvalue weighted by atomic mass is 10.1. The number of alkyl halides is 3. The van der Waals surface area contributed by atoms with Gasteiger partial charge >= 0.3 is 16.3 Å². The van der Waals surface area contributed by atoms with Gasteiger partial charge in [-0.25, -0.2) is 0 Å². The highest BCUT2D eigenvalue weighted by molar-refractivity contribution is 7.87. The van der Waals surface area contributed by atoms with Crippen molar-refractivity contribution in [1.29, 1.82) is 0 Å². The van der Waals surface area contributed by atoms with Crippen LogP contribution in [0.3, 0.4) is 0 Å². The lowest BCUT2D eigenvalue weighted by molar-refractivity contribution is -0.138. The number of hydrogen-bond donors (Lipinski definition) is 0. The van der Waals surface area contributed by atoms with Crippen molar-refractivity contribution in [2.75, 3.05) is 34.0 Å². The predicted molar refractivity (Wildman–Crippen MR) is 119 cm³/mol. The Balaban J connectivity index is 1.86. The van der Waals surface area contributed by atoms with E-state index in [2.05, 4.69) is 0 Å². The summed E-state index contributed by atoms with van der Waals surface area (Å²) in [4.78, 5) is 13.4. The van der Waals surface area contributed by atoms with Crippen LogP contribution in [-0.2, 0) is 37.1 Å². The minimum absolute atomic E-state index is 0.0539. The van der Waals surface area contributed by atoms with Gasteiger partial charge in [0.15, 0.2) is 11.5 Å². The molecule has 1 saturated heterocycles. The summed E-state index contributed by atoms with van der Waals surface area (Å²) in [5.41, 5.74) is -0.605. The van der Waals surface area contributed by atoms with Crippen LogP contribution in [0.15, 0.2) is 47.4 Å². The molecule has 12 heteroatoms. The highest BCUT2D eigenvalue weighted by Gasteiger charge is 2.32. The second kappa shape index (κ2) is 11.3. The molecule has 0 bridgehead atoms. The monoisotopic (exact) mass is 517 g/mol. The highest BCUT2D eigenvalue weighted by atomic mass is 32.2. The van der Waals surface area contributed by atoms with E-state index in [-0.39, 0.29) is 36.7 Å². The van der Waals surface area contributed by atoms with E-state index < -0.39 is 26.8 Å². The summed E-state index contributed by atoms with van der Waals surface area (Å²) in [6, 6.07) is 7.71. The van der Waals surface area contributed by atoms with Crippen LogP contribution in [0.1, 0.15) is 24.0 Å². The highest BCUT2D eigenvalue weighted by Crippen LogP contribution is 2.34. The lowest BCUT2D eigenvalue weighted by Crippen LogP contribution is -2.38. The predicted octanol–water partition coefficient (Wildman–Crippen LogP) is 3.64. The Hall–Kier alpha value is -2.83. The van der Waals surface area contributed by atoms with E-state index in [1.165, 1.54) is 31.3 Å². The van der Waals surface area contributed by atoms with Crippen molar-refractivity contribution in [3.05, 3.63) is 53.6 Å². The Bertz CT molecular complexity index is 1130. The topological polar surface area (TPSA) is 91.4 Å². The van der Waals surface area contributed by atoms with Gasteiger partial charge in [-0.3, -0.25) is 4.79 Å². The van der Waals surface area contributed by atoms with Gasteiger partial charge in [0.1, 0.15) is 11.5 Å². The largest absolute Gasteiger partial charge is 0.493 e. The van der Waals surface area contributed by atoms with Gasteiger partial charge in [0.2, 0.25) is 5.91 Å². The molecule has 1 amide bonds. The van der Waals surface area contributed by atoms with Gasteiger partial charge < -0.3 is 23.3 Å². The maximum Gasteiger partial charge on any atom is 0.416 e. The fraction of sp³-hybridized carbons (Fsp3) is 0.435. The third-order valence-corrected chi connectivity index (χ3v) is 6.55. The Morgan fingerprint density at radius 3 is 2.54 bits per heavy atom. The molecule has 1 aliphatic heterocycles. The van der Waals surface area contributed by atoms with E-state index in [1.807, 2.05) is 0 Å². The molecule has 0 spiro atoms. The van der Waals surface area contributed by atoms with Crippen molar-refractivity contribution in [1.82, 2.24) is 4.90 Å². The van der Waals surface area contributed by atoms with E-state index >= 15 is 0 Å². The van der Waals surface area contributed by atoms with Gasteiger partial charge in [-0.05, 0) is 48.7 Å². The van der Waals surface area contributed by atoms with Crippen molar-refractivity contribution in [3.8, 4) is 11.5 Å². The third kappa shape index (κ3) is 7.09. The maximum atomic E-state index is 13.0. The number of methoxy groups -OCH3 is 2. The molecule has 8 nitrogen and oxygen atoms in total. The zero-order chi connectivity index (χ0) is 25.6. The zero-order valence-electron chi connectivity index (χ0n) is 19.2. The minimum Gasteiger partial charge on any atom is -0.493 e. The first-order valence-corrected chi connectivity index (χ1v) is 12.1. The van der Waals surface area contributed by atoms with Crippen LogP contribution in [0.25, 0.3) is 0 Å². The number of carbonyl (C=O) groups is 1. The summed E-state index contributed by atoms with van der Waals surface area (Å²) in [5.74, 6) is -0.449. The van der Waals surface area contributed by atoms with Crippen molar-refractivity contribution >= 4 is 16.0 Å². The summed E-state index contributed by atoms with van der Waals surface area (Å²) in [5, 5.41) is 0. The fourth-order valence-electron chi connectivity index (χ4n) is 3.60. The Morgan fingerprint density at radius 2 is 1.91 bits per heavy atom. The normalized spacial score (nSPS) is 16.2. The van der Waals surface area contributed by atoms with Crippen molar-refractivity contribution < 1.29 is 44.8 Å². The molecule has 1 aliphatic rings. The first kappa shape index (κ1) is 26.8. The second-order valence-electron chi connectivity index (χ2n) is 7.89. The fourth-order valence-corrected chi connectivity index (χ4v) is 4.58. The molecule has 35 heavy (non-hydrogen) atoms. The number of nitrogens with zero attached hydrogens (tertiary/aromatic N) is 1. The molecule has 0 N–H and O–H groups in total. The standard InChI is InChI=1S/C23H26F3NO7S/c1-31-15-22(28)27(14-18-6-4-10-33-18)13-16-8-9-20(32-2)21(11-16)34-35(29,30)19-7-3-5-17(12-19)23(24,25)26/h3,5,7-9,11-12,18H,4,6,10,13-15H2,1-2H3/t18-/m0/s1. The molecule has 1 heterocycles. The molecule has 2 aromatic rings. The van der Waals surface area contributed by atoms with E-state index in [0.717, 1.165) is 31.0 Å².